The summed E-state index contributed by atoms with van der Waals surface area (Å²) >= 11 is 0. The van der Waals surface area contributed by atoms with Gasteiger partial charge in [-0.2, -0.15) is 5.26 Å². The molecular weight excluding hydrogens is 356 g/mol. The fourth-order valence-corrected chi connectivity index (χ4v) is 4.13. The molecule has 3 heteroatoms. The van der Waals surface area contributed by atoms with Crippen molar-refractivity contribution in [3.63, 3.8) is 0 Å². The highest BCUT2D eigenvalue weighted by atomic mass is 16.1. The summed E-state index contributed by atoms with van der Waals surface area (Å²) in [5.41, 5.74) is 6.53. The maximum absolute atomic E-state index is 12.8. The molecule has 0 radical (unpaired) electrons. The number of hydrogen-bond acceptors (Lipinski definition) is 2. The van der Waals surface area contributed by atoms with Gasteiger partial charge in [-0.05, 0) is 29.3 Å². The topological polar surface area (TPSA) is 45.8 Å². The number of para-hydroxylation sites is 1. The summed E-state index contributed by atoms with van der Waals surface area (Å²) in [6.07, 6.45) is 4.78. The van der Waals surface area contributed by atoms with Crippen LogP contribution in [-0.4, -0.2) is 10.4 Å². The molecule has 0 bridgehead atoms. The molecule has 3 nitrogen and oxygen atoms in total. The number of carbonyl (C=O) groups excluding carboxylic acids is 1. The Kier molecular flexibility index (Phi) is 4.11. The number of nitriles is 1. The van der Waals surface area contributed by atoms with Crippen molar-refractivity contribution in [2.45, 2.75) is 13.0 Å². The molecule has 0 atom stereocenters. The molecule has 0 N–H and O–H groups in total. The van der Waals surface area contributed by atoms with E-state index in [0.29, 0.717) is 18.5 Å². The monoisotopic (exact) mass is 374 g/mol. The van der Waals surface area contributed by atoms with Crippen molar-refractivity contribution in [1.29, 1.82) is 5.26 Å². The summed E-state index contributed by atoms with van der Waals surface area (Å²) in [5, 5.41) is 10.5. The summed E-state index contributed by atoms with van der Waals surface area (Å²) in [6, 6.07) is 26.0. The van der Waals surface area contributed by atoms with Gasteiger partial charge in [0.25, 0.3) is 0 Å². The lowest BCUT2D eigenvalue weighted by molar-refractivity contribution is 0.104. The molecule has 5 rings (SSSR count). The van der Waals surface area contributed by atoms with Crippen molar-refractivity contribution < 1.29 is 4.79 Å². The Balaban J connectivity index is 1.59. The Morgan fingerprint density at radius 1 is 0.966 bits per heavy atom. The zero-order chi connectivity index (χ0) is 19.8. The van der Waals surface area contributed by atoms with Crippen molar-refractivity contribution in [1.82, 2.24) is 4.57 Å². The fraction of sp³-hybridized carbons (Fsp3) is 0.0769. The van der Waals surface area contributed by atoms with E-state index in [4.69, 9.17) is 0 Å². The number of fused-ring (bicyclic) bond motifs is 2. The number of allylic oxidation sites excluding steroid dienone is 1. The van der Waals surface area contributed by atoms with Crippen molar-refractivity contribution in [3.05, 3.63) is 112 Å². The van der Waals surface area contributed by atoms with Crippen LogP contribution in [0, 0.1) is 11.3 Å². The normalized spacial score (nSPS) is 14.3. The van der Waals surface area contributed by atoms with Gasteiger partial charge in [-0.15, -0.1) is 0 Å². The number of Topliss-reactive ketones (excluding diaryl/α,β-unsaturated/α-hetero) is 1. The van der Waals surface area contributed by atoms with E-state index in [1.54, 1.807) is 0 Å². The fourth-order valence-electron chi connectivity index (χ4n) is 4.13. The Hall–Kier alpha value is -3.90. The first-order valence-corrected chi connectivity index (χ1v) is 9.63. The van der Waals surface area contributed by atoms with E-state index in [1.807, 2.05) is 66.7 Å². The zero-order valence-electron chi connectivity index (χ0n) is 15.8. The number of aromatic nitrogens is 1. The van der Waals surface area contributed by atoms with Crippen molar-refractivity contribution in [2.75, 3.05) is 0 Å². The van der Waals surface area contributed by atoms with E-state index in [2.05, 4.69) is 29.0 Å². The van der Waals surface area contributed by atoms with Gasteiger partial charge in [0.15, 0.2) is 5.78 Å². The molecule has 1 aromatic heterocycles. The van der Waals surface area contributed by atoms with Gasteiger partial charge in [0, 0.05) is 46.8 Å². The highest BCUT2D eigenvalue weighted by Crippen LogP contribution is 2.30. The summed E-state index contributed by atoms with van der Waals surface area (Å²) in [6.45, 7) is 0.613. The maximum atomic E-state index is 12.8. The van der Waals surface area contributed by atoms with Crippen LogP contribution in [0.2, 0.25) is 0 Å². The number of carbonyl (C=O) groups is 1. The molecule has 0 saturated heterocycles. The van der Waals surface area contributed by atoms with Crippen molar-refractivity contribution in [3.8, 4) is 6.07 Å². The molecule has 1 aliphatic rings. The van der Waals surface area contributed by atoms with E-state index >= 15 is 0 Å². The van der Waals surface area contributed by atoms with Gasteiger partial charge >= 0.3 is 0 Å². The average molecular weight is 374 g/mol. The third kappa shape index (κ3) is 2.96. The average Bonchev–Trinajstić information content (AvgIpc) is 3.27. The SMILES string of the molecule is N#Cc1ccccc1Cn1cc(/C=C2\Cc3ccccc3C2=O)c2ccccc21. The second-order valence-electron chi connectivity index (χ2n) is 7.33. The minimum absolute atomic E-state index is 0.118. The first-order valence-electron chi connectivity index (χ1n) is 9.63. The van der Waals surface area contributed by atoms with E-state index in [0.717, 1.165) is 38.7 Å². The quantitative estimate of drug-likeness (QED) is 0.452. The van der Waals surface area contributed by atoms with E-state index in [1.165, 1.54) is 0 Å². The van der Waals surface area contributed by atoms with Crippen LogP contribution in [0.15, 0.2) is 84.6 Å². The Labute approximate surface area is 169 Å². The third-order valence-corrected chi connectivity index (χ3v) is 5.56. The van der Waals surface area contributed by atoms with E-state index in [9.17, 15) is 10.1 Å². The highest BCUT2D eigenvalue weighted by molar-refractivity contribution is 6.16. The van der Waals surface area contributed by atoms with Crippen LogP contribution in [0.3, 0.4) is 0 Å². The molecule has 0 saturated carbocycles. The second kappa shape index (κ2) is 6.92. The minimum atomic E-state index is 0.118. The lowest BCUT2D eigenvalue weighted by Gasteiger charge is -2.07. The predicted molar refractivity (Wildman–Crippen MR) is 115 cm³/mol. The molecule has 4 aromatic rings. The van der Waals surface area contributed by atoms with Gasteiger partial charge in [0.05, 0.1) is 11.6 Å². The molecule has 1 heterocycles. The number of nitrogens with zero attached hydrogens (tertiary/aromatic N) is 2. The van der Waals surface area contributed by atoms with E-state index < -0.39 is 0 Å². The van der Waals surface area contributed by atoms with Crippen LogP contribution in [0.5, 0.6) is 0 Å². The standard InChI is InChI=1S/C26H18N2O/c27-15-19-8-1-2-9-20(19)16-28-17-22(23-10-5-6-12-25(23)28)14-21-13-18-7-3-4-11-24(18)26(21)29/h1-12,14,17H,13,16H2/b21-14+. The van der Waals surface area contributed by atoms with Crippen molar-refractivity contribution >= 4 is 22.8 Å². The van der Waals surface area contributed by atoms with Gasteiger partial charge < -0.3 is 4.57 Å². The van der Waals surface area contributed by atoms with Crippen LogP contribution in [0.1, 0.15) is 32.6 Å². The van der Waals surface area contributed by atoms with Crippen LogP contribution >= 0.6 is 0 Å². The van der Waals surface area contributed by atoms with Crippen molar-refractivity contribution in [2.24, 2.45) is 0 Å². The van der Waals surface area contributed by atoms with E-state index in [-0.39, 0.29) is 5.78 Å². The first kappa shape index (κ1) is 17.2. The Morgan fingerprint density at radius 3 is 2.59 bits per heavy atom. The molecule has 0 aliphatic heterocycles. The van der Waals surface area contributed by atoms with Gasteiger partial charge in [-0.1, -0.05) is 60.7 Å². The number of ketones is 1. The largest absolute Gasteiger partial charge is 0.342 e. The molecule has 0 spiro atoms. The molecule has 0 fully saturated rings. The van der Waals surface area contributed by atoms with Crippen LogP contribution in [0.4, 0.5) is 0 Å². The molecule has 29 heavy (non-hydrogen) atoms. The van der Waals surface area contributed by atoms with Gasteiger partial charge in [-0.3, -0.25) is 4.79 Å². The summed E-state index contributed by atoms with van der Waals surface area (Å²) < 4.78 is 2.16. The van der Waals surface area contributed by atoms with Crippen LogP contribution < -0.4 is 0 Å². The maximum Gasteiger partial charge on any atom is 0.189 e. The molecule has 0 unspecified atom stereocenters. The van der Waals surface area contributed by atoms with Crippen LogP contribution in [0.25, 0.3) is 17.0 Å². The summed E-state index contributed by atoms with van der Waals surface area (Å²) in [5.74, 6) is 0.118. The number of rotatable bonds is 3. The molecule has 1 aliphatic carbocycles. The molecule has 138 valence electrons. The smallest absolute Gasteiger partial charge is 0.189 e. The second-order valence-corrected chi connectivity index (χ2v) is 7.33. The highest BCUT2D eigenvalue weighted by Gasteiger charge is 2.24. The van der Waals surface area contributed by atoms with Gasteiger partial charge in [0.2, 0.25) is 0 Å². The summed E-state index contributed by atoms with van der Waals surface area (Å²) in [4.78, 5) is 12.8. The molecule has 3 aromatic carbocycles. The molecule has 0 amide bonds. The van der Waals surface area contributed by atoms with Gasteiger partial charge in [-0.25, -0.2) is 0 Å². The number of benzene rings is 3. The summed E-state index contributed by atoms with van der Waals surface area (Å²) in [7, 11) is 0. The first-order chi connectivity index (χ1) is 14.2. The third-order valence-electron chi connectivity index (χ3n) is 5.56. The Morgan fingerprint density at radius 2 is 1.72 bits per heavy atom. The lowest BCUT2D eigenvalue weighted by atomic mass is 10.1. The predicted octanol–water partition coefficient (Wildman–Crippen LogP) is 5.38. The van der Waals surface area contributed by atoms with Crippen LogP contribution in [-0.2, 0) is 13.0 Å². The lowest BCUT2D eigenvalue weighted by Crippen LogP contribution is -2.00. The van der Waals surface area contributed by atoms with Gasteiger partial charge in [0.1, 0.15) is 0 Å². The minimum Gasteiger partial charge on any atom is -0.342 e. The molecular formula is C26H18N2O. The number of hydrogen-bond donors (Lipinski definition) is 0. The Bertz CT molecular complexity index is 1330. The zero-order valence-corrected chi connectivity index (χ0v) is 15.8.